The average Bonchev–Trinajstić information content (AvgIpc) is 3.18. The van der Waals surface area contributed by atoms with Crippen LogP contribution in [0.15, 0.2) is 54.6 Å². The summed E-state index contributed by atoms with van der Waals surface area (Å²) in [5.41, 5.74) is 2.23. The minimum absolute atomic E-state index is 0.687. The van der Waals surface area contributed by atoms with Crippen molar-refractivity contribution in [1.82, 2.24) is 25.1 Å². The van der Waals surface area contributed by atoms with Crippen molar-refractivity contribution in [3.05, 3.63) is 60.2 Å². The van der Waals surface area contributed by atoms with Crippen molar-refractivity contribution in [3.63, 3.8) is 0 Å². The van der Waals surface area contributed by atoms with Crippen LogP contribution in [-0.2, 0) is 13.1 Å². The third-order valence-corrected chi connectivity index (χ3v) is 4.52. The first-order chi connectivity index (χ1) is 13.3. The number of ether oxygens (including phenoxy) is 1. The number of aryl methyl sites for hydroxylation is 1. The van der Waals surface area contributed by atoms with E-state index in [0.29, 0.717) is 5.82 Å². The number of methoxy groups -OCH3 is 1. The van der Waals surface area contributed by atoms with Gasteiger partial charge < -0.3 is 9.64 Å². The monoisotopic (exact) mass is 365 g/mol. The fourth-order valence-electron chi connectivity index (χ4n) is 3.06. The zero-order chi connectivity index (χ0) is 18.9. The maximum atomic E-state index is 5.42. The highest BCUT2D eigenvalue weighted by molar-refractivity contribution is 5.52. The van der Waals surface area contributed by atoms with E-state index >= 15 is 0 Å². The van der Waals surface area contributed by atoms with E-state index in [4.69, 9.17) is 4.74 Å². The number of aromatic nitrogens is 4. The zero-order valence-electron chi connectivity index (χ0n) is 16.1. The SMILES string of the molecule is COc1ccccc1CN(C)CCCCCn1nnc(-c2ccccc2)n1. The smallest absolute Gasteiger partial charge is 0.204 e. The maximum Gasteiger partial charge on any atom is 0.204 e. The van der Waals surface area contributed by atoms with Gasteiger partial charge in [0.25, 0.3) is 0 Å². The van der Waals surface area contributed by atoms with Crippen molar-refractivity contribution >= 4 is 0 Å². The number of nitrogens with zero attached hydrogens (tertiary/aromatic N) is 5. The van der Waals surface area contributed by atoms with Gasteiger partial charge in [0.05, 0.1) is 13.7 Å². The van der Waals surface area contributed by atoms with Crippen LogP contribution in [0.4, 0.5) is 0 Å². The van der Waals surface area contributed by atoms with Gasteiger partial charge in [-0.1, -0.05) is 55.0 Å². The Bertz CT molecular complexity index is 818. The summed E-state index contributed by atoms with van der Waals surface area (Å²) in [5.74, 6) is 1.64. The van der Waals surface area contributed by atoms with Gasteiger partial charge in [0, 0.05) is 17.7 Å². The molecular formula is C21H27N5O. The summed E-state index contributed by atoms with van der Waals surface area (Å²) >= 11 is 0. The maximum absolute atomic E-state index is 5.42. The molecule has 0 aliphatic heterocycles. The van der Waals surface area contributed by atoms with E-state index in [2.05, 4.69) is 39.5 Å². The molecule has 0 saturated heterocycles. The van der Waals surface area contributed by atoms with Crippen LogP contribution in [0.5, 0.6) is 5.75 Å². The molecule has 0 aliphatic rings. The lowest BCUT2D eigenvalue weighted by molar-refractivity contribution is 0.307. The van der Waals surface area contributed by atoms with Crippen LogP contribution >= 0.6 is 0 Å². The average molecular weight is 365 g/mol. The van der Waals surface area contributed by atoms with E-state index < -0.39 is 0 Å². The van der Waals surface area contributed by atoms with Gasteiger partial charge in [0.15, 0.2) is 0 Å². The van der Waals surface area contributed by atoms with Crippen LogP contribution in [0.1, 0.15) is 24.8 Å². The van der Waals surface area contributed by atoms with Crippen LogP contribution in [0.25, 0.3) is 11.4 Å². The van der Waals surface area contributed by atoms with Crippen molar-refractivity contribution in [2.75, 3.05) is 20.7 Å². The zero-order valence-corrected chi connectivity index (χ0v) is 16.1. The quantitative estimate of drug-likeness (QED) is 0.513. The summed E-state index contributed by atoms with van der Waals surface area (Å²) in [7, 11) is 3.87. The van der Waals surface area contributed by atoms with Crippen molar-refractivity contribution in [2.45, 2.75) is 32.4 Å². The van der Waals surface area contributed by atoms with Crippen LogP contribution in [-0.4, -0.2) is 45.8 Å². The highest BCUT2D eigenvalue weighted by Crippen LogP contribution is 2.19. The summed E-state index contributed by atoms with van der Waals surface area (Å²) in [5, 5.41) is 12.7. The highest BCUT2D eigenvalue weighted by atomic mass is 16.5. The molecular weight excluding hydrogens is 338 g/mol. The lowest BCUT2D eigenvalue weighted by Gasteiger charge is -2.18. The number of tetrazole rings is 1. The van der Waals surface area contributed by atoms with Crippen LogP contribution in [0, 0.1) is 0 Å². The molecule has 3 aromatic rings. The first-order valence-corrected chi connectivity index (χ1v) is 9.40. The summed E-state index contributed by atoms with van der Waals surface area (Å²) in [6.45, 7) is 2.75. The molecule has 2 aromatic carbocycles. The summed E-state index contributed by atoms with van der Waals surface area (Å²) in [6.07, 6.45) is 3.33. The van der Waals surface area contributed by atoms with Gasteiger partial charge in [-0.25, -0.2) is 0 Å². The third kappa shape index (κ3) is 5.62. The molecule has 0 atom stereocenters. The van der Waals surface area contributed by atoms with E-state index in [0.717, 1.165) is 50.2 Å². The molecule has 0 saturated carbocycles. The summed E-state index contributed by atoms with van der Waals surface area (Å²) in [4.78, 5) is 4.03. The summed E-state index contributed by atoms with van der Waals surface area (Å²) < 4.78 is 5.42. The van der Waals surface area contributed by atoms with Gasteiger partial charge in [-0.05, 0) is 37.7 Å². The molecule has 0 fully saturated rings. The minimum Gasteiger partial charge on any atom is -0.496 e. The molecule has 27 heavy (non-hydrogen) atoms. The van der Waals surface area contributed by atoms with Crippen LogP contribution in [0.2, 0.25) is 0 Å². The number of unbranched alkanes of at least 4 members (excludes halogenated alkanes) is 2. The molecule has 0 bridgehead atoms. The molecule has 6 heteroatoms. The third-order valence-electron chi connectivity index (χ3n) is 4.52. The Morgan fingerprint density at radius 3 is 2.56 bits per heavy atom. The Morgan fingerprint density at radius 2 is 1.74 bits per heavy atom. The van der Waals surface area contributed by atoms with Gasteiger partial charge >= 0.3 is 0 Å². The number of hydrogen-bond donors (Lipinski definition) is 0. The second-order valence-corrected chi connectivity index (χ2v) is 6.69. The normalized spacial score (nSPS) is 11.1. The first-order valence-electron chi connectivity index (χ1n) is 9.40. The van der Waals surface area contributed by atoms with E-state index in [-0.39, 0.29) is 0 Å². The Balaban J connectivity index is 1.36. The second-order valence-electron chi connectivity index (χ2n) is 6.69. The molecule has 0 unspecified atom stereocenters. The molecule has 142 valence electrons. The molecule has 0 aliphatic carbocycles. The first kappa shape index (κ1) is 19.0. The van der Waals surface area contributed by atoms with Crippen LogP contribution < -0.4 is 4.74 Å². The minimum atomic E-state index is 0.687. The van der Waals surface area contributed by atoms with Gasteiger partial charge in [-0.15, -0.1) is 10.2 Å². The predicted octanol–water partition coefficient (Wildman–Crippen LogP) is 3.65. The number of benzene rings is 2. The Labute approximate surface area is 160 Å². The fourth-order valence-corrected chi connectivity index (χ4v) is 3.06. The lowest BCUT2D eigenvalue weighted by atomic mass is 10.1. The summed E-state index contributed by atoms with van der Waals surface area (Å²) in [6, 6.07) is 18.1. The van der Waals surface area contributed by atoms with E-state index in [1.807, 2.05) is 42.5 Å². The van der Waals surface area contributed by atoms with Gasteiger partial charge in [-0.3, -0.25) is 0 Å². The number of rotatable bonds is 10. The van der Waals surface area contributed by atoms with Gasteiger partial charge in [-0.2, -0.15) is 4.80 Å². The Hall–Kier alpha value is -2.73. The molecule has 6 nitrogen and oxygen atoms in total. The highest BCUT2D eigenvalue weighted by Gasteiger charge is 2.07. The van der Waals surface area contributed by atoms with Crippen molar-refractivity contribution < 1.29 is 4.74 Å². The number of hydrogen-bond acceptors (Lipinski definition) is 5. The Kier molecular flexibility index (Phi) is 6.93. The fraction of sp³-hybridized carbons (Fsp3) is 0.381. The molecule has 0 radical (unpaired) electrons. The standard InChI is InChI=1S/C21H27N5O/c1-25(17-19-13-7-8-14-20(19)27-2)15-9-4-10-16-26-23-21(22-24-26)18-11-5-3-6-12-18/h3,5-8,11-14H,4,9-10,15-17H2,1-2H3. The Morgan fingerprint density at radius 1 is 0.963 bits per heavy atom. The molecule has 1 aromatic heterocycles. The van der Waals surface area contributed by atoms with Crippen molar-refractivity contribution in [2.24, 2.45) is 0 Å². The second kappa shape index (κ2) is 9.83. The van der Waals surface area contributed by atoms with Crippen molar-refractivity contribution in [3.8, 4) is 17.1 Å². The predicted molar refractivity (Wildman–Crippen MR) is 106 cm³/mol. The molecule has 0 amide bonds. The molecule has 3 rings (SSSR count). The topological polar surface area (TPSA) is 56.1 Å². The van der Waals surface area contributed by atoms with Gasteiger partial charge in [0.2, 0.25) is 5.82 Å². The lowest BCUT2D eigenvalue weighted by Crippen LogP contribution is -2.19. The molecule has 1 heterocycles. The van der Waals surface area contributed by atoms with Gasteiger partial charge in [0.1, 0.15) is 5.75 Å². The van der Waals surface area contributed by atoms with Crippen LogP contribution in [0.3, 0.4) is 0 Å². The van der Waals surface area contributed by atoms with E-state index in [9.17, 15) is 0 Å². The van der Waals surface area contributed by atoms with E-state index in [1.54, 1.807) is 11.9 Å². The molecule has 0 spiro atoms. The van der Waals surface area contributed by atoms with E-state index in [1.165, 1.54) is 5.56 Å². The number of para-hydroxylation sites is 1. The molecule has 0 N–H and O–H groups in total. The van der Waals surface area contributed by atoms with Crippen molar-refractivity contribution in [1.29, 1.82) is 0 Å². The largest absolute Gasteiger partial charge is 0.496 e.